The molecule has 0 aromatic heterocycles. The van der Waals surface area contributed by atoms with Crippen molar-refractivity contribution in [1.82, 2.24) is 5.32 Å². The number of nitrogens with two attached hydrogens (primary N) is 1. The fourth-order valence-electron chi connectivity index (χ4n) is 1.38. The number of carbonyl (C=O) groups excluding carboxylic acids is 1. The standard InChI is InChI=1S/C11H24N2O2/c1-4-13-8-6-5-7-9(12)10(14)11(2,3)15/h9,13,15H,4-8,12H2,1-3H3. The van der Waals surface area contributed by atoms with Gasteiger partial charge in [-0.3, -0.25) is 4.79 Å². The molecule has 0 rings (SSSR count). The zero-order valence-corrected chi connectivity index (χ0v) is 10.0. The van der Waals surface area contributed by atoms with Crippen LogP contribution in [0.25, 0.3) is 0 Å². The topological polar surface area (TPSA) is 75.3 Å². The molecule has 0 fully saturated rings. The first-order valence-corrected chi connectivity index (χ1v) is 5.62. The zero-order chi connectivity index (χ0) is 11.9. The van der Waals surface area contributed by atoms with E-state index >= 15 is 0 Å². The maximum atomic E-state index is 11.5. The van der Waals surface area contributed by atoms with Crippen molar-refractivity contribution in [2.45, 2.75) is 51.7 Å². The van der Waals surface area contributed by atoms with Gasteiger partial charge in [0.2, 0.25) is 0 Å². The van der Waals surface area contributed by atoms with Gasteiger partial charge in [0, 0.05) is 0 Å². The van der Waals surface area contributed by atoms with E-state index in [-0.39, 0.29) is 5.78 Å². The third-order valence-electron chi connectivity index (χ3n) is 2.31. The highest BCUT2D eigenvalue weighted by Gasteiger charge is 2.28. The molecule has 0 heterocycles. The van der Waals surface area contributed by atoms with E-state index in [0.29, 0.717) is 6.42 Å². The second kappa shape index (κ2) is 6.93. The number of rotatable bonds is 8. The largest absolute Gasteiger partial charge is 0.383 e. The van der Waals surface area contributed by atoms with Crippen molar-refractivity contribution in [3.8, 4) is 0 Å². The normalized spacial score (nSPS) is 13.9. The molecule has 0 radical (unpaired) electrons. The molecule has 0 bridgehead atoms. The number of Topliss-reactive ketones (excluding diaryl/α,β-unsaturated/α-hetero) is 1. The van der Waals surface area contributed by atoms with E-state index in [1.807, 2.05) is 0 Å². The van der Waals surface area contributed by atoms with E-state index < -0.39 is 11.6 Å². The molecule has 1 atom stereocenters. The SMILES string of the molecule is CCNCCCCC(N)C(=O)C(C)(C)O. The molecule has 4 N–H and O–H groups in total. The van der Waals surface area contributed by atoms with Gasteiger partial charge in [-0.2, -0.15) is 0 Å². The zero-order valence-electron chi connectivity index (χ0n) is 10.0. The summed E-state index contributed by atoms with van der Waals surface area (Å²) in [5.41, 5.74) is 4.38. The van der Waals surface area contributed by atoms with E-state index in [9.17, 15) is 9.90 Å². The summed E-state index contributed by atoms with van der Waals surface area (Å²) in [5, 5.41) is 12.7. The molecule has 15 heavy (non-hydrogen) atoms. The Labute approximate surface area is 92.2 Å². The van der Waals surface area contributed by atoms with Crippen LogP contribution >= 0.6 is 0 Å². The van der Waals surface area contributed by atoms with Crippen molar-refractivity contribution in [2.75, 3.05) is 13.1 Å². The van der Waals surface area contributed by atoms with Crippen LogP contribution in [0.15, 0.2) is 0 Å². The average Bonchev–Trinajstić information content (AvgIpc) is 2.14. The van der Waals surface area contributed by atoms with Crippen LogP contribution in [0.1, 0.15) is 40.0 Å². The monoisotopic (exact) mass is 216 g/mol. The first-order valence-electron chi connectivity index (χ1n) is 5.62. The van der Waals surface area contributed by atoms with Gasteiger partial charge in [0.25, 0.3) is 0 Å². The minimum atomic E-state index is -1.30. The van der Waals surface area contributed by atoms with Gasteiger partial charge in [-0.15, -0.1) is 0 Å². The summed E-state index contributed by atoms with van der Waals surface area (Å²) >= 11 is 0. The summed E-state index contributed by atoms with van der Waals surface area (Å²) in [4.78, 5) is 11.5. The lowest BCUT2D eigenvalue weighted by Gasteiger charge is -2.20. The number of aliphatic hydroxyl groups is 1. The second-order valence-electron chi connectivity index (χ2n) is 4.38. The summed E-state index contributed by atoms with van der Waals surface area (Å²) in [6, 6.07) is -0.536. The van der Waals surface area contributed by atoms with E-state index in [4.69, 9.17) is 5.73 Å². The molecule has 0 saturated carbocycles. The predicted molar refractivity (Wildman–Crippen MR) is 61.7 cm³/mol. The van der Waals surface area contributed by atoms with Crippen molar-refractivity contribution in [3.63, 3.8) is 0 Å². The minimum absolute atomic E-state index is 0.272. The number of unbranched alkanes of at least 4 members (excludes halogenated alkanes) is 1. The first kappa shape index (κ1) is 14.6. The van der Waals surface area contributed by atoms with Gasteiger partial charge in [-0.05, 0) is 39.8 Å². The van der Waals surface area contributed by atoms with Crippen LogP contribution in [0.5, 0.6) is 0 Å². The maximum Gasteiger partial charge on any atom is 0.180 e. The lowest BCUT2D eigenvalue weighted by molar-refractivity contribution is -0.135. The third kappa shape index (κ3) is 6.60. The number of hydrogen-bond acceptors (Lipinski definition) is 4. The molecule has 0 aliphatic rings. The number of nitrogens with one attached hydrogen (secondary N) is 1. The number of hydrogen-bond donors (Lipinski definition) is 3. The van der Waals surface area contributed by atoms with Gasteiger partial charge >= 0.3 is 0 Å². The lowest BCUT2D eigenvalue weighted by Crippen LogP contribution is -2.44. The fourth-order valence-corrected chi connectivity index (χ4v) is 1.38. The summed E-state index contributed by atoms with van der Waals surface area (Å²) in [7, 11) is 0. The Morgan fingerprint density at radius 1 is 1.47 bits per heavy atom. The van der Waals surface area contributed by atoms with E-state index in [0.717, 1.165) is 25.9 Å². The summed E-state index contributed by atoms with van der Waals surface area (Å²) in [5.74, 6) is -0.272. The molecule has 0 aliphatic carbocycles. The van der Waals surface area contributed by atoms with Gasteiger partial charge in [-0.25, -0.2) is 0 Å². The van der Waals surface area contributed by atoms with Crippen LogP contribution < -0.4 is 11.1 Å². The molecule has 0 amide bonds. The molecule has 1 unspecified atom stereocenters. The van der Waals surface area contributed by atoms with Crippen LogP contribution in [0, 0.1) is 0 Å². The van der Waals surface area contributed by atoms with Gasteiger partial charge in [0.15, 0.2) is 5.78 Å². The molecule has 0 aromatic rings. The Balaban J connectivity index is 3.66. The highest BCUT2D eigenvalue weighted by atomic mass is 16.3. The van der Waals surface area contributed by atoms with Crippen molar-refractivity contribution < 1.29 is 9.90 Å². The second-order valence-corrected chi connectivity index (χ2v) is 4.38. The van der Waals surface area contributed by atoms with E-state index in [2.05, 4.69) is 12.2 Å². The van der Waals surface area contributed by atoms with Gasteiger partial charge in [-0.1, -0.05) is 13.3 Å². The van der Waals surface area contributed by atoms with Crippen molar-refractivity contribution in [2.24, 2.45) is 5.73 Å². The highest BCUT2D eigenvalue weighted by Crippen LogP contribution is 2.09. The van der Waals surface area contributed by atoms with Crippen LogP contribution in [-0.4, -0.2) is 35.6 Å². The predicted octanol–water partition coefficient (Wildman–Crippen LogP) is 0.433. The Bertz CT molecular complexity index is 188. The number of carbonyl (C=O) groups is 1. The summed E-state index contributed by atoms with van der Waals surface area (Å²) in [6.07, 6.45) is 2.57. The fraction of sp³-hybridized carbons (Fsp3) is 0.909. The molecule has 0 aliphatic heterocycles. The number of ketones is 1. The quantitative estimate of drug-likeness (QED) is 0.514. The Morgan fingerprint density at radius 3 is 2.53 bits per heavy atom. The molecular weight excluding hydrogens is 192 g/mol. The molecule has 90 valence electrons. The van der Waals surface area contributed by atoms with E-state index in [1.165, 1.54) is 13.8 Å². The van der Waals surface area contributed by atoms with Crippen LogP contribution in [0.2, 0.25) is 0 Å². The van der Waals surface area contributed by atoms with Crippen LogP contribution in [-0.2, 0) is 4.79 Å². The van der Waals surface area contributed by atoms with Crippen molar-refractivity contribution in [3.05, 3.63) is 0 Å². The molecule has 0 saturated heterocycles. The molecule has 0 spiro atoms. The van der Waals surface area contributed by atoms with Gasteiger partial charge < -0.3 is 16.2 Å². The smallest absolute Gasteiger partial charge is 0.180 e. The molecule has 4 heteroatoms. The Hall–Kier alpha value is -0.450. The first-order chi connectivity index (χ1) is 6.89. The molecular formula is C11H24N2O2. The highest BCUT2D eigenvalue weighted by molar-refractivity contribution is 5.90. The third-order valence-corrected chi connectivity index (χ3v) is 2.31. The Kier molecular flexibility index (Phi) is 6.72. The summed E-state index contributed by atoms with van der Waals surface area (Å²) in [6.45, 7) is 6.94. The molecule has 0 aromatic carbocycles. The van der Waals surface area contributed by atoms with Gasteiger partial charge in [0.05, 0.1) is 6.04 Å². The Morgan fingerprint density at radius 2 is 2.07 bits per heavy atom. The van der Waals surface area contributed by atoms with Crippen molar-refractivity contribution in [1.29, 1.82) is 0 Å². The van der Waals surface area contributed by atoms with Crippen molar-refractivity contribution >= 4 is 5.78 Å². The van der Waals surface area contributed by atoms with Crippen LogP contribution in [0.4, 0.5) is 0 Å². The van der Waals surface area contributed by atoms with Gasteiger partial charge in [0.1, 0.15) is 5.60 Å². The lowest BCUT2D eigenvalue weighted by atomic mass is 9.94. The van der Waals surface area contributed by atoms with Crippen LogP contribution in [0.3, 0.4) is 0 Å². The minimum Gasteiger partial charge on any atom is -0.383 e. The van der Waals surface area contributed by atoms with E-state index in [1.54, 1.807) is 0 Å². The average molecular weight is 216 g/mol. The maximum absolute atomic E-state index is 11.5. The summed E-state index contributed by atoms with van der Waals surface area (Å²) < 4.78 is 0. The molecule has 4 nitrogen and oxygen atoms in total.